The lowest BCUT2D eigenvalue weighted by Crippen LogP contribution is -2.32. The lowest BCUT2D eigenvalue weighted by Gasteiger charge is -2.19. The van der Waals surface area contributed by atoms with Gasteiger partial charge >= 0.3 is 6.09 Å². The van der Waals surface area contributed by atoms with E-state index in [1.807, 2.05) is 24.3 Å². The van der Waals surface area contributed by atoms with Crippen molar-refractivity contribution in [1.82, 2.24) is 4.90 Å². The van der Waals surface area contributed by atoms with E-state index in [1.165, 1.54) is 27.2 Å². The molecule has 1 aliphatic carbocycles. The SMILES string of the molecule is CN(CCOCCOCCOCCOCCOCCOCCOCCOCCOCCO[Si](C)(C)C)C(=O)OCC1c2ccccc2-c2ccccc21. The number of nitrogens with zero attached hydrogens (tertiary/aromatic N) is 1. The van der Waals surface area contributed by atoms with E-state index in [9.17, 15) is 4.79 Å². The van der Waals surface area contributed by atoms with Gasteiger partial charge in [0, 0.05) is 19.5 Å². The second kappa shape index (κ2) is 28.0. The molecule has 14 heteroatoms. The third-order valence-corrected chi connectivity index (χ3v) is 9.03. The number of hydrogen-bond acceptors (Lipinski definition) is 12. The molecule has 0 spiro atoms. The molecule has 2 aromatic rings. The Labute approximate surface area is 317 Å². The highest BCUT2D eigenvalue weighted by molar-refractivity contribution is 6.69. The first-order chi connectivity index (χ1) is 25.9. The lowest BCUT2D eigenvalue weighted by molar-refractivity contribution is -0.0256. The Balaban J connectivity index is 0.986. The summed E-state index contributed by atoms with van der Waals surface area (Å²) in [6.45, 7) is 16.8. The summed E-state index contributed by atoms with van der Waals surface area (Å²) in [7, 11) is 0.256. The Morgan fingerprint density at radius 1 is 0.509 bits per heavy atom. The molecule has 300 valence electrons. The van der Waals surface area contributed by atoms with E-state index in [-0.39, 0.29) is 12.0 Å². The van der Waals surface area contributed by atoms with E-state index >= 15 is 0 Å². The molecule has 13 nitrogen and oxygen atoms in total. The Bertz CT molecular complexity index is 1190. The largest absolute Gasteiger partial charge is 0.448 e. The first-order valence-electron chi connectivity index (χ1n) is 18.8. The minimum atomic E-state index is -1.46. The molecular weight excluding hydrogens is 703 g/mol. The molecule has 2 aromatic carbocycles. The van der Waals surface area contributed by atoms with Gasteiger partial charge in [0.15, 0.2) is 8.32 Å². The van der Waals surface area contributed by atoms with Crippen molar-refractivity contribution in [3.8, 4) is 11.1 Å². The Morgan fingerprint density at radius 2 is 0.830 bits per heavy atom. The van der Waals surface area contributed by atoms with Crippen LogP contribution in [0.4, 0.5) is 4.79 Å². The number of hydrogen-bond donors (Lipinski definition) is 0. The number of likely N-dealkylation sites (N-methyl/N-ethyl adjacent to an activating group) is 1. The quantitative estimate of drug-likeness (QED) is 0.0729. The van der Waals surface area contributed by atoms with Gasteiger partial charge in [0.2, 0.25) is 0 Å². The van der Waals surface area contributed by atoms with Gasteiger partial charge in [0.05, 0.1) is 126 Å². The molecule has 0 atom stereocenters. The first kappa shape index (κ1) is 44.9. The van der Waals surface area contributed by atoms with Crippen molar-refractivity contribution < 1.29 is 56.6 Å². The Kier molecular flexibility index (Phi) is 23.7. The van der Waals surface area contributed by atoms with Crippen molar-refractivity contribution in [2.24, 2.45) is 0 Å². The summed E-state index contributed by atoms with van der Waals surface area (Å²) in [6, 6.07) is 16.6. The number of amides is 1. The van der Waals surface area contributed by atoms with Crippen molar-refractivity contribution in [2.75, 3.05) is 146 Å². The van der Waals surface area contributed by atoms with Gasteiger partial charge in [-0.15, -0.1) is 0 Å². The highest BCUT2D eigenvalue weighted by atomic mass is 28.4. The van der Waals surface area contributed by atoms with E-state index in [0.29, 0.717) is 139 Å². The number of carbonyl (C=O) groups excluding carboxylic acids is 1. The fraction of sp³-hybridized carbons (Fsp3) is 0.667. The molecule has 0 saturated carbocycles. The number of rotatable bonds is 33. The molecule has 1 aliphatic rings. The molecule has 0 heterocycles. The van der Waals surface area contributed by atoms with E-state index in [1.54, 1.807) is 7.05 Å². The maximum absolute atomic E-state index is 12.6. The second-order valence-corrected chi connectivity index (χ2v) is 17.7. The van der Waals surface area contributed by atoms with Gasteiger partial charge in [-0.2, -0.15) is 0 Å². The zero-order valence-electron chi connectivity index (χ0n) is 32.4. The molecule has 3 rings (SSSR count). The van der Waals surface area contributed by atoms with Crippen LogP contribution in [0.1, 0.15) is 17.0 Å². The normalized spacial score (nSPS) is 12.6. The van der Waals surface area contributed by atoms with Crippen LogP contribution >= 0.6 is 0 Å². The van der Waals surface area contributed by atoms with E-state index in [0.717, 1.165) is 0 Å². The molecule has 0 unspecified atom stereocenters. The number of ether oxygens (including phenoxy) is 10. The number of benzene rings is 2. The van der Waals surface area contributed by atoms with Crippen LogP contribution < -0.4 is 0 Å². The third-order valence-electron chi connectivity index (χ3n) is 7.96. The summed E-state index contributed by atoms with van der Waals surface area (Å²) < 4.78 is 61.1. The van der Waals surface area contributed by atoms with Crippen LogP contribution in [0.2, 0.25) is 19.6 Å². The van der Waals surface area contributed by atoms with Crippen molar-refractivity contribution in [3.63, 3.8) is 0 Å². The minimum Gasteiger partial charge on any atom is -0.448 e. The van der Waals surface area contributed by atoms with Crippen molar-refractivity contribution >= 4 is 14.4 Å². The monoisotopic (exact) mass is 765 g/mol. The molecular formula is C39H63NO12Si. The average Bonchev–Trinajstić information content (AvgIpc) is 3.47. The van der Waals surface area contributed by atoms with Crippen molar-refractivity contribution in [3.05, 3.63) is 59.7 Å². The van der Waals surface area contributed by atoms with E-state index in [2.05, 4.69) is 43.9 Å². The van der Waals surface area contributed by atoms with Crippen LogP contribution in [0.15, 0.2) is 48.5 Å². The minimum absolute atomic E-state index is 0.0403. The number of fused-ring (bicyclic) bond motifs is 3. The predicted octanol–water partition coefficient (Wildman–Crippen LogP) is 4.87. The van der Waals surface area contributed by atoms with Gasteiger partial charge in [-0.05, 0) is 41.9 Å². The topological polar surface area (TPSA) is 122 Å². The molecule has 0 aromatic heterocycles. The van der Waals surface area contributed by atoms with Crippen LogP contribution in [0, 0.1) is 0 Å². The molecule has 0 aliphatic heterocycles. The van der Waals surface area contributed by atoms with Crippen LogP contribution in [0.25, 0.3) is 11.1 Å². The molecule has 0 saturated heterocycles. The smallest absolute Gasteiger partial charge is 0.409 e. The zero-order chi connectivity index (χ0) is 37.8. The maximum Gasteiger partial charge on any atom is 0.409 e. The zero-order valence-corrected chi connectivity index (χ0v) is 33.4. The summed E-state index contributed by atoms with van der Waals surface area (Å²) in [5, 5.41) is 0. The van der Waals surface area contributed by atoms with Gasteiger partial charge in [0.25, 0.3) is 0 Å². The van der Waals surface area contributed by atoms with Crippen LogP contribution in [-0.2, 0) is 51.8 Å². The first-order valence-corrected chi connectivity index (χ1v) is 22.2. The highest BCUT2D eigenvalue weighted by Crippen LogP contribution is 2.44. The van der Waals surface area contributed by atoms with Crippen molar-refractivity contribution in [1.29, 1.82) is 0 Å². The van der Waals surface area contributed by atoms with Crippen molar-refractivity contribution in [2.45, 2.75) is 25.6 Å². The summed E-state index contributed by atoms with van der Waals surface area (Å²) >= 11 is 0. The van der Waals surface area contributed by atoms with Gasteiger partial charge in [0.1, 0.15) is 6.61 Å². The summed E-state index contributed by atoms with van der Waals surface area (Å²) in [5.74, 6) is 0.0403. The summed E-state index contributed by atoms with van der Waals surface area (Å²) in [4.78, 5) is 14.1. The fourth-order valence-electron chi connectivity index (χ4n) is 5.27. The third kappa shape index (κ3) is 20.1. The summed E-state index contributed by atoms with van der Waals surface area (Å²) in [5.41, 5.74) is 4.80. The van der Waals surface area contributed by atoms with Gasteiger partial charge < -0.3 is 56.7 Å². The standard InChI is InChI=1S/C39H63NO12Si/c1-40(39(41)51-33-38-36-11-7-5-9-34(36)35-10-6-8-12-37(35)38)13-14-42-15-16-43-17-18-44-19-20-45-21-22-46-23-24-47-25-26-48-27-28-49-29-30-50-31-32-52-53(2,3)4/h5-12,38H,13-33H2,1-4H3. The summed E-state index contributed by atoms with van der Waals surface area (Å²) in [6.07, 6.45) is -0.362. The molecule has 0 radical (unpaired) electrons. The van der Waals surface area contributed by atoms with E-state index < -0.39 is 8.32 Å². The fourth-order valence-corrected chi connectivity index (χ4v) is 5.96. The van der Waals surface area contributed by atoms with Gasteiger partial charge in [-0.25, -0.2) is 4.79 Å². The highest BCUT2D eigenvalue weighted by Gasteiger charge is 2.29. The molecule has 1 amide bonds. The van der Waals surface area contributed by atoms with E-state index in [4.69, 9.17) is 51.8 Å². The van der Waals surface area contributed by atoms with Gasteiger partial charge in [-0.1, -0.05) is 48.5 Å². The molecule has 0 N–H and O–H groups in total. The predicted molar refractivity (Wildman–Crippen MR) is 204 cm³/mol. The number of carbonyl (C=O) groups is 1. The van der Waals surface area contributed by atoms with Gasteiger partial charge in [-0.3, -0.25) is 0 Å². The maximum atomic E-state index is 12.6. The molecule has 0 fully saturated rings. The molecule has 0 bridgehead atoms. The molecule has 53 heavy (non-hydrogen) atoms. The Morgan fingerprint density at radius 3 is 1.19 bits per heavy atom. The van der Waals surface area contributed by atoms with Crippen LogP contribution in [0.3, 0.4) is 0 Å². The Hall–Kier alpha value is -2.47. The van der Waals surface area contributed by atoms with Crippen LogP contribution in [0.5, 0.6) is 0 Å². The van der Waals surface area contributed by atoms with Crippen LogP contribution in [-0.4, -0.2) is 165 Å². The lowest BCUT2D eigenvalue weighted by atomic mass is 9.98. The second-order valence-electron chi connectivity index (χ2n) is 13.2. The average molecular weight is 766 g/mol.